The molecule has 0 spiro atoms. The number of carbonyl (C=O) groups is 2. The molecule has 1 aliphatic carbocycles. The summed E-state index contributed by atoms with van der Waals surface area (Å²) in [5.74, 6) is -2.14. The second kappa shape index (κ2) is 8.44. The van der Waals surface area contributed by atoms with E-state index in [0.717, 1.165) is 18.2 Å². The molecule has 1 aliphatic rings. The van der Waals surface area contributed by atoms with Crippen LogP contribution in [0.1, 0.15) is 50.9 Å². The average Bonchev–Trinajstić information content (AvgIpc) is 3.46. The van der Waals surface area contributed by atoms with Gasteiger partial charge in [0.2, 0.25) is 5.91 Å². The number of alkyl halides is 6. The Bertz CT molecular complexity index is 1420. The molecule has 6 nitrogen and oxygen atoms in total. The molecule has 4 rings (SSSR count). The molecule has 3 N–H and O–H groups in total. The maximum Gasteiger partial charge on any atom is 0.416 e. The quantitative estimate of drug-likeness (QED) is 0.413. The van der Waals surface area contributed by atoms with Crippen LogP contribution in [0, 0.1) is 11.3 Å². The van der Waals surface area contributed by atoms with E-state index in [0.29, 0.717) is 12.1 Å². The molecule has 1 atom stereocenters. The fourth-order valence-corrected chi connectivity index (χ4v) is 4.30. The van der Waals surface area contributed by atoms with Gasteiger partial charge in [-0.2, -0.15) is 31.6 Å². The molecule has 1 aromatic heterocycles. The summed E-state index contributed by atoms with van der Waals surface area (Å²) in [6.07, 6.45) is -10.3. The number of fused-ring (bicyclic) bond motifs is 1. The summed E-state index contributed by atoms with van der Waals surface area (Å²) in [6, 6.07) is 5.08. The van der Waals surface area contributed by atoms with Crippen molar-refractivity contribution in [2.24, 2.45) is 5.73 Å². The minimum absolute atomic E-state index is 0.0690. The van der Waals surface area contributed by atoms with E-state index in [1.165, 1.54) is 12.1 Å². The Labute approximate surface area is 204 Å². The van der Waals surface area contributed by atoms with Gasteiger partial charge < -0.3 is 15.6 Å². The van der Waals surface area contributed by atoms with E-state index in [-0.39, 0.29) is 44.9 Å². The fraction of sp³-hybridized carbons (Fsp3) is 0.261. The third-order valence-electron chi connectivity index (χ3n) is 5.91. The number of nitrogens with one attached hydrogen (secondary N) is 1. The summed E-state index contributed by atoms with van der Waals surface area (Å²) in [4.78, 5) is 28.0. The lowest BCUT2D eigenvalue weighted by Gasteiger charge is -2.36. The van der Waals surface area contributed by atoms with Gasteiger partial charge in [0.15, 0.2) is 6.04 Å². The van der Waals surface area contributed by atoms with E-state index >= 15 is 0 Å². The van der Waals surface area contributed by atoms with Crippen molar-refractivity contribution in [1.29, 1.82) is 5.26 Å². The summed E-state index contributed by atoms with van der Waals surface area (Å²) in [5, 5.41) is 9.83. The van der Waals surface area contributed by atoms with Crippen molar-refractivity contribution in [3.8, 4) is 6.07 Å². The Hall–Kier alpha value is -3.72. The van der Waals surface area contributed by atoms with Gasteiger partial charge in [0, 0.05) is 10.9 Å². The summed E-state index contributed by atoms with van der Waals surface area (Å²) in [6.45, 7) is 0. The van der Waals surface area contributed by atoms with E-state index in [1.54, 1.807) is 6.07 Å². The molecule has 188 valence electrons. The van der Waals surface area contributed by atoms with Gasteiger partial charge in [-0.25, -0.2) is 0 Å². The van der Waals surface area contributed by atoms with E-state index in [9.17, 15) is 41.2 Å². The first-order chi connectivity index (χ1) is 16.7. The molecule has 2 amide bonds. The third kappa shape index (κ3) is 4.46. The van der Waals surface area contributed by atoms with Crippen LogP contribution < -0.4 is 5.73 Å². The highest BCUT2D eigenvalue weighted by Gasteiger charge is 2.60. The molecule has 1 unspecified atom stereocenters. The van der Waals surface area contributed by atoms with Crippen LogP contribution >= 0.6 is 11.6 Å². The van der Waals surface area contributed by atoms with Crippen LogP contribution in [0.3, 0.4) is 0 Å². The lowest BCUT2D eigenvalue weighted by atomic mass is 9.98. The molecule has 3 aromatic rings. The molecule has 1 heterocycles. The molecular weight excluding hydrogens is 514 g/mol. The monoisotopic (exact) mass is 528 g/mol. The van der Waals surface area contributed by atoms with Crippen LogP contribution in [0.5, 0.6) is 0 Å². The van der Waals surface area contributed by atoms with Gasteiger partial charge in [-0.05, 0) is 48.7 Å². The first kappa shape index (κ1) is 25.4. The van der Waals surface area contributed by atoms with Crippen LogP contribution in [0.2, 0.25) is 5.02 Å². The van der Waals surface area contributed by atoms with E-state index in [1.807, 2.05) is 0 Å². The molecular formula is C23H15ClF6N4O2. The average molecular weight is 529 g/mol. The molecule has 0 bridgehead atoms. The molecule has 1 saturated carbocycles. The van der Waals surface area contributed by atoms with Crippen molar-refractivity contribution in [1.82, 2.24) is 9.88 Å². The number of carbonyl (C=O) groups excluding carboxylic acids is 2. The lowest BCUT2D eigenvalue weighted by Crippen LogP contribution is -2.49. The number of hydrogen-bond donors (Lipinski definition) is 2. The van der Waals surface area contributed by atoms with Crippen molar-refractivity contribution >= 4 is 34.3 Å². The SMILES string of the molecule is N#CC1(N(C(=O)c2cc3cc(C(N)=O)c(Cl)cc3[nH]2)C(c2cccc(C(F)(F)F)c2)C(F)(F)F)CC1. The normalized spacial score (nSPS) is 15.8. The Balaban J connectivity index is 1.87. The summed E-state index contributed by atoms with van der Waals surface area (Å²) in [7, 11) is 0. The number of nitrogens with zero attached hydrogens (tertiary/aromatic N) is 2. The van der Waals surface area contributed by atoms with E-state index < -0.39 is 46.9 Å². The number of primary amides is 1. The standard InChI is InChI=1S/C23H15ClF6N4O2/c24-15-9-16-12(7-14(15)19(32)35)8-17(33-16)20(36)34(21(10-31)4-5-21)18(23(28,29)30)11-2-1-3-13(6-11)22(25,26)27/h1-3,6-9,18,33H,4-5H2,(H2,32,35). The predicted octanol–water partition coefficient (Wildman–Crippen LogP) is 5.74. The summed E-state index contributed by atoms with van der Waals surface area (Å²) >= 11 is 6.00. The van der Waals surface area contributed by atoms with Crippen molar-refractivity contribution in [3.63, 3.8) is 0 Å². The summed E-state index contributed by atoms with van der Waals surface area (Å²) < 4.78 is 82.9. The van der Waals surface area contributed by atoms with Crippen LogP contribution in [0.15, 0.2) is 42.5 Å². The van der Waals surface area contributed by atoms with Gasteiger partial charge in [0.25, 0.3) is 5.91 Å². The lowest BCUT2D eigenvalue weighted by molar-refractivity contribution is -0.184. The number of hydrogen-bond acceptors (Lipinski definition) is 3. The van der Waals surface area contributed by atoms with E-state index in [4.69, 9.17) is 17.3 Å². The zero-order valence-corrected chi connectivity index (χ0v) is 18.7. The van der Waals surface area contributed by atoms with Crippen molar-refractivity contribution in [2.75, 3.05) is 0 Å². The number of H-pyrrole nitrogens is 1. The fourth-order valence-electron chi connectivity index (χ4n) is 4.04. The molecule has 13 heteroatoms. The molecule has 36 heavy (non-hydrogen) atoms. The molecule has 2 aromatic carbocycles. The van der Waals surface area contributed by atoms with E-state index in [2.05, 4.69) is 4.98 Å². The Morgan fingerprint density at radius 2 is 1.78 bits per heavy atom. The number of halogens is 7. The zero-order chi connectivity index (χ0) is 26.6. The van der Waals surface area contributed by atoms with Crippen molar-refractivity contribution in [2.45, 2.75) is 36.8 Å². The highest BCUT2D eigenvalue weighted by molar-refractivity contribution is 6.34. The molecule has 0 aliphatic heterocycles. The van der Waals surface area contributed by atoms with Gasteiger partial charge in [-0.15, -0.1) is 0 Å². The largest absolute Gasteiger partial charge is 0.416 e. The molecule has 1 fully saturated rings. The molecule has 0 radical (unpaired) electrons. The number of amides is 2. The van der Waals surface area contributed by atoms with Gasteiger partial charge in [-0.3, -0.25) is 9.59 Å². The highest BCUT2D eigenvalue weighted by Crippen LogP contribution is 2.51. The maximum absolute atomic E-state index is 14.4. The van der Waals surface area contributed by atoms with Crippen molar-refractivity contribution in [3.05, 3.63) is 69.9 Å². The number of rotatable bonds is 5. The number of nitrogens with two attached hydrogens (primary N) is 1. The number of benzene rings is 2. The Morgan fingerprint density at radius 1 is 1.11 bits per heavy atom. The first-order valence-corrected chi connectivity index (χ1v) is 10.7. The smallest absolute Gasteiger partial charge is 0.366 e. The Kier molecular flexibility index (Phi) is 5.95. The van der Waals surface area contributed by atoms with Crippen LogP contribution in [-0.4, -0.2) is 33.4 Å². The topological polar surface area (TPSA) is 103 Å². The van der Waals surface area contributed by atoms with Gasteiger partial charge >= 0.3 is 12.4 Å². The van der Waals surface area contributed by atoms with Gasteiger partial charge in [0.05, 0.1) is 22.2 Å². The third-order valence-corrected chi connectivity index (χ3v) is 6.23. The zero-order valence-electron chi connectivity index (χ0n) is 18.0. The summed E-state index contributed by atoms with van der Waals surface area (Å²) in [5.41, 5.74) is 0.914. The molecule has 0 saturated heterocycles. The van der Waals surface area contributed by atoms with Crippen LogP contribution in [0.25, 0.3) is 10.9 Å². The maximum atomic E-state index is 14.4. The second-order valence-electron chi connectivity index (χ2n) is 8.35. The van der Waals surface area contributed by atoms with Gasteiger partial charge in [-0.1, -0.05) is 23.7 Å². The highest BCUT2D eigenvalue weighted by atomic mass is 35.5. The predicted molar refractivity (Wildman–Crippen MR) is 116 cm³/mol. The minimum Gasteiger partial charge on any atom is -0.366 e. The second-order valence-corrected chi connectivity index (χ2v) is 8.76. The number of aromatic nitrogens is 1. The number of nitriles is 1. The minimum atomic E-state index is -5.22. The van der Waals surface area contributed by atoms with Gasteiger partial charge in [0.1, 0.15) is 11.2 Å². The van der Waals surface area contributed by atoms with Crippen LogP contribution in [0.4, 0.5) is 26.3 Å². The van der Waals surface area contributed by atoms with Crippen LogP contribution in [-0.2, 0) is 6.18 Å². The van der Waals surface area contributed by atoms with Crippen molar-refractivity contribution < 1.29 is 35.9 Å². The number of aromatic amines is 1. The Morgan fingerprint density at radius 3 is 2.31 bits per heavy atom. The first-order valence-electron chi connectivity index (χ1n) is 10.3.